The molecule has 1 aliphatic rings. The molecule has 6 nitrogen and oxygen atoms in total. The third-order valence-electron chi connectivity index (χ3n) is 5.05. The molecular weight excluding hydrogens is 366 g/mol. The van der Waals surface area contributed by atoms with Gasteiger partial charge in [-0.3, -0.25) is 9.59 Å². The molecule has 2 aromatic carbocycles. The summed E-state index contributed by atoms with van der Waals surface area (Å²) in [6, 6.07) is 19.7. The van der Waals surface area contributed by atoms with Crippen LogP contribution in [0.2, 0.25) is 0 Å². The summed E-state index contributed by atoms with van der Waals surface area (Å²) in [5.41, 5.74) is 3.59. The van der Waals surface area contributed by atoms with Gasteiger partial charge in [0.05, 0.1) is 18.8 Å². The molecule has 2 amide bonds. The predicted molar refractivity (Wildman–Crippen MR) is 107 cm³/mol. The van der Waals surface area contributed by atoms with Crippen molar-refractivity contribution in [3.05, 3.63) is 89.4 Å². The number of fused-ring (bicyclic) bond motifs is 1. The molecule has 3 aromatic rings. The monoisotopic (exact) mass is 385 g/mol. The molecule has 1 aliphatic heterocycles. The lowest BCUT2D eigenvalue weighted by atomic mass is 9.93. The Kier molecular flexibility index (Phi) is 5.12. The van der Waals surface area contributed by atoms with Gasteiger partial charge < -0.3 is 14.6 Å². The average molecular weight is 385 g/mol. The smallest absolute Gasteiger partial charge is 0.290 e. The Bertz CT molecular complexity index is 1070. The van der Waals surface area contributed by atoms with Gasteiger partial charge in [-0.05, 0) is 41.0 Å². The van der Waals surface area contributed by atoms with Crippen molar-refractivity contribution in [2.45, 2.75) is 25.4 Å². The van der Waals surface area contributed by atoms with Crippen molar-refractivity contribution in [3.8, 4) is 6.07 Å². The maximum absolute atomic E-state index is 13.1. The summed E-state index contributed by atoms with van der Waals surface area (Å²) in [4.78, 5) is 27.6. The number of anilines is 1. The number of nitrogens with zero attached hydrogens (tertiary/aromatic N) is 2. The summed E-state index contributed by atoms with van der Waals surface area (Å²) in [5.74, 6) is -0.357. The van der Waals surface area contributed by atoms with Gasteiger partial charge in [-0.25, -0.2) is 0 Å². The zero-order valence-electron chi connectivity index (χ0n) is 15.7. The second-order valence-corrected chi connectivity index (χ2v) is 6.92. The molecule has 0 aliphatic carbocycles. The largest absolute Gasteiger partial charge is 0.459 e. The van der Waals surface area contributed by atoms with Crippen molar-refractivity contribution in [2.75, 3.05) is 5.32 Å². The summed E-state index contributed by atoms with van der Waals surface area (Å²) in [5, 5.41) is 11.7. The van der Waals surface area contributed by atoms with Gasteiger partial charge in [0.25, 0.3) is 5.91 Å². The van der Waals surface area contributed by atoms with Crippen LogP contribution in [0.15, 0.2) is 71.3 Å². The predicted octanol–water partition coefficient (Wildman–Crippen LogP) is 3.55. The topological polar surface area (TPSA) is 86.3 Å². The first-order chi connectivity index (χ1) is 14.2. The summed E-state index contributed by atoms with van der Waals surface area (Å²) < 4.78 is 5.27. The first kappa shape index (κ1) is 18.5. The number of furan rings is 1. The number of carbonyl (C=O) groups is 2. The Morgan fingerprint density at radius 3 is 2.52 bits per heavy atom. The van der Waals surface area contributed by atoms with Gasteiger partial charge in [0, 0.05) is 18.7 Å². The van der Waals surface area contributed by atoms with Gasteiger partial charge >= 0.3 is 0 Å². The second kappa shape index (κ2) is 8.03. The number of carbonyl (C=O) groups excluding carboxylic acids is 2. The Hall–Kier alpha value is -3.85. The lowest BCUT2D eigenvalue weighted by Gasteiger charge is -2.35. The standard InChI is InChI=1S/C23H19N3O3/c24-12-11-16-7-9-19(10-8-16)25-22(27)20-14-17-4-1-2-5-18(17)15-26(20)23(28)21-6-3-13-29-21/h1-10,13,20H,11,14-15H2,(H,25,27). The van der Waals surface area contributed by atoms with Crippen LogP contribution in [0.1, 0.15) is 27.2 Å². The molecule has 0 radical (unpaired) electrons. The molecule has 29 heavy (non-hydrogen) atoms. The zero-order chi connectivity index (χ0) is 20.2. The van der Waals surface area contributed by atoms with Gasteiger partial charge in [-0.2, -0.15) is 5.26 Å². The zero-order valence-corrected chi connectivity index (χ0v) is 15.7. The van der Waals surface area contributed by atoms with Crippen molar-refractivity contribution < 1.29 is 14.0 Å². The minimum atomic E-state index is -0.652. The van der Waals surface area contributed by atoms with Crippen LogP contribution < -0.4 is 5.32 Å². The fourth-order valence-corrected chi connectivity index (χ4v) is 3.54. The van der Waals surface area contributed by atoms with Crippen molar-refractivity contribution in [3.63, 3.8) is 0 Å². The van der Waals surface area contributed by atoms with Gasteiger partial charge in [0.15, 0.2) is 5.76 Å². The van der Waals surface area contributed by atoms with Crippen LogP contribution in [0, 0.1) is 11.3 Å². The number of nitriles is 1. The number of hydrogen-bond acceptors (Lipinski definition) is 4. The molecule has 1 aromatic heterocycles. The summed E-state index contributed by atoms with van der Waals surface area (Å²) in [6.07, 6.45) is 2.20. The first-order valence-corrected chi connectivity index (χ1v) is 9.33. The van der Waals surface area contributed by atoms with E-state index in [-0.39, 0.29) is 17.6 Å². The van der Waals surface area contributed by atoms with Gasteiger partial charge in [0.1, 0.15) is 6.04 Å². The molecule has 6 heteroatoms. The number of benzene rings is 2. The first-order valence-electron chi connectivity index (χ1n) is 9.33. The van der Waals surface area contributed by atoms with Gasteiger partial charge in [-0.15, -0.1) is 0 Å². The number of amides is 2. The van der Waals surface area contributed by atoms with Crippen LogP contribution in [-0.4, -0.2) is 22.8 Å². The number of hydrogen-bond donors (Lipinski definition) is 1. The third kappa shape index (κ3) is 3.90. The lowest BCUT2D eigenvalue weighted by molar-refractivity contribution is -0.121. The van der Waals surface area contributed by atoms with Crippen LogP contribution in [0.3, 0.4) is 0 Å². The maximum Gasteiger partial charge on any atom is 0.290 e. The minimum absolute atomic E-state index is 0.211. The van der Waals surface area contributed by atoms with Crippen molar-refractivity contribution in [1.29, 1.82) is 5.26 Å². The molecule has 2 heterocycles. The molecule has 144 valence electrons. The number of nitrogens with one attached hydrogen (secondary N) is 1. The Balaban J connectivity index is 1.59. The van der Waals surface area contributed by atoms with Crippen LogP contribution in [0.5, 0.6) is 0 Å². The van der Waals surface area contributed by atoms with Gasteiger partial charge in [-0.1, -0.05) is 36.4 Å². The normalized spacial score (nSPS) is 15.3. The highest BCUT2D eigenvalue weighted by atomic mass is 16.3. The number of rotatable bonds is 4. The highest BCUT2D eigenvalue weighted by molar-refractivity contribution is 6.00. The minimum Gasteiger partial charge on any atom is -0.459 e. The van der Waals surface area contributed by atoms with E-state index < -0.39 is 6.04 Å². The molecule has 0 fully saturated rings. The van der Waals surface area contributed by atoms with Crippen molar-refractivity contribution >= 4 is 17.5 Å². The van der Waals surface area contributed by atoms with Crippen molar-refractivity contribution in [1.82, 2.24) is 4.90 Å². The molecule has 1 N–H and O–H groups in total. The van der Waals surface area contributed by atoms with E-state index in [1.165, 1.54) is 6.26 Å². The van der Waals surface area contributed by atoms with E-state index in [4.69, 9.17) is 9.68 Å². The fourth-order valence-electron chi connectivity index (χ4n) is 3.54. The fraction of sp³-hybridized carbons (Fsp3) is 0.174. The molecule has 0 saturated heterocycles. The molecule has 0 saturated carbocycles. The van der Waals surface area contributed by atoms with E-state index in [2.05, 4.69) is 11.4 Å². The summed E-state index contributed by atoms with van der Waals surface area (Å²) in [6.45, 7) is 0.342. The van der Waals surface area contributed by atoms with E-state index in [1.807, 2.05) is 24.3 Å². The Labute approximate surface area is 168 Å². The van der Waals surface area contributed by atoms with Crippen LogP contribution >= 0.6 is 0 Å². The highest BCUT2D eigenvalue weighted by Gasteiger charge is 2.36. The van der Waals surface area contributed by atoms with Crippen molar-refractivity contribution in [2.24, 2.45) is 0 Å². The maximum atomic E-state index is 13.1. The molecule has 0 spiro atoms. The molecule has 1 atom stereocenters. The van der Waals surface area contributed by atoms with E-state index in [1.54, 1.807) is 41.3 Å². The molecular formula is C23H19N3O3. The molecule has 4 rings (SSSR count). The van der Waals surface area contributed by atoms with E-state index in [0.29, 0.717) is 25.1 Å². The Morgan fingerprint density at radius 2 is 1.83 bits per heavy atom. The second-order valence-electron chi connectivity index (χ2n) is 6.92. The average Bonchev–Trinajstić information content (AvgIpc) is 3.29. The van der Waals surface area contributed by atoms with Crippen LogP contribution in [0.4, 0.5) is 5.69 Å². The SMILES string of the molecule is N#CCc1ccc(NC(=O)C2Cc3ccccc3CN2C(=O)c2ccco2)cc1. The summed E-state index contributed by atoms with van der Waals surface area (Å²) in [7, 11) is 0. The Morgan fingerprint density at radius 1 is 1.07 bits per heavy atom. The third-order valence-corrected chi connectivity index (χ3v) is 5.05. The lowest BCUT2D eigenvalue weighted by Crippen LogP contribution is -2.50. The molecule has 0 bridgehead atoms. The quantitative estimate of drug-likeness (QED) is 0.744. The van der Waals surface area contributed by atoms with E-state index in [9.17, 15) is 9.59 Å². The highest BCUT2D eigenvalue weighted by Crippen LogP contribution is 2.26. The molecule has 1 unspecified atom stereocenters. The van der Waals surface area contributed by atoms with E-state index in [0.717, 1.165) is 16.7 Å². The summed E-state index contributed by atoms with van der Waals surface area (Å²) >= 11 is 0. The van der Waals surface area contributed by atoms with Crippen LogP contribution in [0.25, 0.3) is 0 Å². The van der Waals surface area contributed by atoms with Gasteiger partial charge in [0.2, 0.25) is 5.91 Å². The van der Waals surface area contributed by atoms with E-state index >= 15 is 0 Å². The van der Waals surface area contributed by atoms with Crippen LogP contribution in [-0.2, 0) is 24.2 Å².